The molecule has 0 aliphatic carbocycles. The van der Waals surface area contributed by atoms with Crippen LogP contribution in [0.5, 0.6) is 0 Å². The number of hydrogen-bond acceptors (Lipinski definition) is 3. The molecule has 0 unspecified atom stereocenters. The number of hydrogen-bond donors (Lipinski definition) is 2. The van der Waals surface area contributed by atoms with Crippen molar-refractivity contribution in [3.05, 3.63) is 0 Å². The van der Waals surface area contributed by atoms with Crippen molar-refractivity contribution in [2.75, 3.05) is 25.8 Å². The predicted molar refractivity (Wildman–Crippen MR) is 77.9 cm³/mol. The summed E-state index contributed by atoms with van der Waals surface area (Å²) in [5, 5.41) is 6.86. The first-order valence-corrected chi connectivity index (χ1v) is 12.9. The zero-order chi connectivity index (χ0) is 12.7. The van der Waals surface area contributed by atoms with E-state index in [9.17, 15) is 0 Å². The SMILES string of the molecule is CCNCCCNC[Si](C)(C)O[Si](C)(C)C. The standard InChI is InChI=1S/C11H30N2OSi2/c1-7-12-9-8-10-13-11-16(5,6)14-15(2,3)4/h12-13H,7-11H2,1-6H3. The van der Waals surface area contributed by atoms with Crippen LogP contribution < -0.4 is 10.6 Å². The Bertz CT molecular complexity index is 181. The molecule has 0 saturated carbocycles. The van der Waals surface area contributed by atoms with E-state index < -0.39 is 16.6 Å². The molecule has 0 aliphatic rings. The highest BCUT2D eigenvalue weighted by Gasteiger charge is 2.28. The molecule has 5 heteroatoms. The quantitative estimate of drug-likeness (QED) is 0.493. The van der Waals surface area contributed by atoms with Crippen molar-refractivity contribution in [3.8, 4) is 0 Å². The molecule has 2 N–H and O–H groups in total. The second-order valence-corrected chi connectivity index (χ2v) is 14.8. The van der Waals surface area contributed by atoms with Gasteiger partial charge in [0, 0.05) is 6.17 Å². The average molecular weight is 263 g/mol. The molecule has 0 aromatic carbocycles. The van der Waals surface area contributed by atoms with Crippen LogP contribution in [0.15, 0.2) is 0 Å². The molecule has 98 valence electrons. The van der Waals surface area contributed by atoms with E-state index in [4.69, 9.17) is 4.12 Å². The van der Waals surface area contributed by atoms with Gasteiger partial charge in [0.15, 0.2) is 16.6 Å². The first kappa shape index (κ1) is 16.3. The van der Waals surface area contributed by atoms with E-state index in [2.05, 4.69) is 50.3 Å². The Morgan fingerprint density at radius 1 is 0.938 bits per heavy atom. The van der Waals surface area contributed by atoms with Crippen LogP contribution in [0, 0.1) is 0 Å². The van der Waals surface area contributed by atoms with Gasteiger partial charge in [0.25, 0.3) is 0 Å². The molecule has 0 bridgehead atoms. The summed E-state index contributed by atoms with van der Waals surface area (Å²) < 4.78 is 6.25. The molecule has 0 aromatic rings. The van der Waals surface area contributed by atoms with Crippen LogP contribution in [0.4, 0.5) is 0 Å². The molecule has 0 aromatic heterocycles. The molecule has 0 amide bonds. The Morgan fingerprint density at radius 3 is 2.00 bits per heavy atom. The highest BCUT2D eigenvalue weighted by atomic mass is 28.4. The third kappa shape index (κ3) is 10.8. The molecule has 0 fully saturated rings. The summed E-state index contributed by atoms with van der Waals surface area (Å²) >= 11 is 0. The lowest BCUT2D eigenvalue weighted by Crippen LogP contribution is -2.49. The van der Waals surface area contributed by atoms with Crippen molar-refractivity contribution in [1.29, 1.82) is 0 Å². The van der Waals surface area contributed by atoms with E-state index in [1.165, 1.54) is 6.42 Å². The minimum Gasteiger partial charge on any atom is -0.455 e. The van der Waals surface area contributed by atoms with Crippen LogP contribution in [0.25, 0.3) is 0 Å². The van der Waals surface area contributed by atoms with Gasteiger partial charge in [0.2, 0.25) is 0 Å². The highest BCUT2D eigenvalue weighted by Crippen LogP contribution is 2.12. The first-order chi connectivity index (χ1) is 7.27. The minimum absolute atomic E-state index is 1.07. The highest BCUT2D eigenvalue weighted by molar-refractivity contribution is 6.84. The molecule has 16 heavy (non-hydrogen) atoms. The van der Waals surface area contributed by atoms with E-state index in [1.54, 1.807) is 0 Å². The van der Waals surface area contributed by atoms with Gasteiger partial charge in [-0.15, -0.1) is 0 Å². The molecule has 0 rings (SSSR count). The molecule has 0 saturated heterocycles. The van der Waals surface area contributed by atoms with Gasteiger partial charge in [-0.2, -0.15) is 0 Å². The van der Waals surface area contributed by atoms with Gasteiger partial charge >= 0.3 is 0 Å². The maximum Gasteiger partial charge on any atom is 0.187 e. The van der Waals surface area contributed by atoms with E-state index in [1.807, 2.05) is 0 Å². The van der Waals surface area contributed by atoms with E-state index in [0.717, 1.165) is 25.8 Å². The molecule has 0 spiro atoms. The van der Waals surface area contributed by atoms with Crippen LogP contribution in [-0.4, -0.2) is 42.4 Å². The van der Waals surface area contributed by atoms with Gasteiger partial charge in [0.05, 0.1) is 0 Å². The number of nitrogens with one attached hydrogen (secondary N) is 2. The van der Waals surface area contributed by atoms with Crippen LogP contribution in [0.2, 0.25) is 32.7 Å². The van der Waals surface area contributed by atoms with Gasteiger partial charge in [-0.25, -0.2) is 0 Å². The third-order valence-electron chi connectivity index (χ3n) is 2.09. The lowest BCUT2D eigenvalue weighted by molar-refractivity contribution is 0.533. The number of rotatable bonds is 9. The fourth-order valence-corrected chi connectivity index (χ4v) is 9.47. The van der Waals surface area contributed by atoms with Crippen molar-refractivity contribution < 1.29 is 4.12 Å². The smallest absolute Gasteiger partial charge is 0.187 e. The summed E-state index contributed by atoms with van der Waals surface area (Å²) in [6.45, 7) is 16.8. The van der Waals surface area contributed by atoms with Crippen molar-refractivity contribution in [2.45, 2.75) is 46.1 Å². The monoisotopic (exact) mass is 262 g/mol. The maximum atomic E-state index is 6.25. The van der Waals surface area contributed by atoms with Crippen molar-refractivity contribution in [1.82, 2.24) is 10.6 Å². The zero-order valence-electron chi connectivity index (χ0n) is 11.9. The Hall–Kier alpha value is 0.314. The summed E-state index contributed by atoms with van der Waals surface area (Å²) in [7, 11) is -2.84. The van der Waals surface area contributed by atoms with Crippen molar-refractivity contribution in [3.63, 3.8) is 0 Å². The Kier molecular flexibility index (Phi) is 7.75. The van der Waals surface area contributed by atoms with Gasteiger partial charge in [-0.05, 0) is 58.8 Å². The zero-order valence-corrected chi connectivity index (χ0v) is 13.9. The average Bonchev–Trinajstić information content (AvgIpc) is 2.06. The van der Waals surface area contributed by atoms with Crippen LogP contribution in [-0.2, 0) is 4.12 Å². The van der Waals surface area contributed by atoms with Gasteiger partial charge in [-0.1, -0.05) is 6.92 Å². The summed E-state index contributed by atoms with van der Waals surface area (Å²) in [5.74, 6) is 0. The van der Waals surface area contributed by atoms with Crippen LogP contribution in [0.3, 0.4) is 0 Å². The topological polar surface area (TPSA) is 33.3 Å². The van der Waals surface area contributed by atoms with Gasteiger partial charge < -0.3 is 14.7 Å². The van der Waals surface area contributed by atoms with Crippen molar-refractivity contribution >= 4 is 16.6 Å². The van der Waals surface area contributed by atoms with Crippen molar-refractivity contribution in [2.24, 2.45) is 0 Å². The normalized spacial score (nSPS) is 13.1. The molecular weight excluding hydrogens is 232 g/mol. The fraction of sp³-hybridized carbons (Fsp3) is 1.00. The summed E-state index contributed by atoms with van der Waals surface area (Å²) in [6.07, 6.45) is 2.27. The second kappa shape index (κ2) is 7.60. The summed E-state index contributed by atoms with van der Waals surface area (Å²) in [5.41, 5.74) is 0. The molecule has 0 atom stereocenters. The Labute approximate surface area is 104 Å². The molecule has 0 heterocycles. The fourth-order valence-electron chi connectivity index (χ4n) is 1.77. The predicted octanol–water partition coefficient (Wildman–Crippen LogP) is 2.17. The van der Waals surface area contributed by atoms with Gasteiger partial charge in [0.1, 0.15) is 0 Å². The van der Waals surface area contributed by atoms with E-state index >= 15 is 0 Å². The molecule has 3 nitrogen and oxygen atoms in total. The molecule has 0 radical (unpaired) electrons. The van der Waals surface area contributed by atoms with E-state index in [-0.39, 0.29) is 0 Å². The van der Waals surface area contributed by atoms with Crippen LogP contribution in [0.1, 0.15) is 13.3 Å². The third-order valence-corrected chi connectivity index (χ3v) is 7.85. The lowest BCUT2D eigenvalue weighted by Gasteiger charge is -2.31. The molecular formula is C11H30N2OSi2. The largest absolute Gasteiger partial charge is 0.455 e. The molecule has 0 aliphatic heterocycles. The second-order valence-electron chi connectivity index (χ2n) is 5.86. The summed E-state index contributed by atoms with van der Waals surface area (Å²) in [4.78, 5) is 0. The lowest BCUT2D eigenvalue weighted by atomic mass is 10.4. The maximum absolute atomic E-state index is 6.25. The van der Waals surface area contributed by atoms with E-state index in [0.29, 0.717) is 0 Å². The van der Waals surface area contributed by atoms with Gasteiger partial charge in [-0.3, -0.25) is 0 Å². The summed E-state index contributed by atoms with van der Waals surface area (Å²) in [6, 6.07) is 0. The first-order valence-electron chi connectivity index (χ1n) is 6.38. The Balaban J connectivity index is 3.58. The van der Waals surface area contributed by atoms with Crippen LogP contribution >= 0.6 is 0 Å². The minimum atomic E-state index is -1.48. The Morgan fingerprint density at radius 2 is 1.50 bits per heavy atom.